The van der Waals surface area contributed by atoms with Gasteiger partial charge in [0.05, 0.1) is 25.0 Å². The van der Waals surface area contributed by atoms with Crippen LogP contribution in [0.25, 0.3) is 0 Å². The lowest BCUT2D eigenvalue weighted by molar-refractivity contribution is 0.0742. The van der Waals surface area contributed by atoms with E-state index in [1.165, 1.54) is 0 Å². The summed E-state index contributed by atoms with van der Waals surface area (Å²) in [5.74, 6) is 0.191. The van der Waals surface area contributed by atoms with Gasteiger partial charge in [-0.2, -0.15) is 0 Å². The van der Waals surface area contributed by atoms with Gasteiger partial charge in [-0.25, -0.2) is 13.1 Å². The Morgan fingerprint density at radius 1 is 1.32 bits per heavy atom. The minimum Gasteiger partial charge on any atom is -0.375 e. The van der Waals surface area contributed by atoms with E-state index in [0.717, 1.165) is 24.9 Å². The molecule has 0 saturated carbocycles. The van der Waals surface area contributed by atoms with Crippen molar-refractivity contribution in [2.45, 2.75) is 44.5 Å². The van der Waals surface area contributed by atoms with Gasteiger partial charge in [0.15, 0.2) is 0 Å². The molecule has 3 atom stereocenters. The zero-order valence-electron chi connectivity index (χ0n) is 12.9. The van der Waals surface area contributed by atoms with Crippen molar-refractivity contribution in [3.05, 3.63) is 35.9 Å². The lowest BCUT2D eigenvalue weighted by Gasteiger charge is -2.31. The predicted molar refractivity (Wildman–Crippen MR) is 86.0 cm³/mol. The molecule has 1 N–H and O–H groups in total. The van der Waals surface area contributed by atoms with Crippen LogP contribution in [0.4, 0.5) is 0 Å². The number of hydrogen-bond acceptors (Lipinski definition) is 4. The molecule has 1 aromatic carbocycles. The first kappa shape index (κ1) is 15.9. The summed E-state index contributed by atoms with van der Waals surface area (Å²) in [6, 6.07) is 10.3. The first-order valence-electron chi connectivity index (χ1n) is 7.92. The molecule has 2 aliphatic rings. The fourth-order valence-electron chi connectivity index (χ4n) is 3.50. The van der Waals surface area contributed by atoms with Crippen molar-refractivity contribution in [2.75, 3.05) is 18.9 Å². The van der Waals surface area contributed by atoms with Crippen LogP contribution in [0.15, 0.2) is 30.3 Å². The van der Waals surface area contributed by atoms with E-state index >= 15 is 0 Å². The van der Waals surface area contributed by atoms with Crippen LogP contribution in [-0.4, -0.2) is 50.3 Å². The van der Waals surface area contributed by atoms with Crippen molar-refractivity contribution >= 4 is 10.0 Å². The Bertz CT molecular complexity index is 591. The summed E-state index contributed by atoms with van der Waals surface area (Å²) in [6.07, 6.45) is 2.30. The molecule has 2 fully saturated rings. The molecule has 122 valence electrons. The van der Waals surface area contributed by atoms with Crippen LogP contribution < -0.4 is 4.72 Å². The van der Waals surface area contributed by atoms with Gasteiger partial charge in [0.2, 0.25) is 10.0 Å². The molecule has 2 heterocycles. The quantitative estimate of drug-likeness (QED) is 0.888. The Morgan fingerprint density at radius 3 is 2.77 bits per heavy atom. The van der Waals surface area contributed by atoms with E-state index in [9.17, 15) is 8.42 Å². The van der Waals surface area contributed by atoms with Crippen LogP contribution >= 0.6 is 0 Å². The molecule has 2 aliphatic heterocycles. The molecule has 0 radical (unpaired) electrons. The highest BCUT2D eigenvalue weighted by molar-refractivity contribution is 7.89. The Morgan fingerprint density at radius 2 is 2.09 bits per heavy atom. The van der Waals surface area contributed by atoms with E-state index in [0.29, 0.717) is 19.3 Å². The van der Waals surface area contributed by atoms with Crippen molar-refractivity contribution in [1.82, 2.24) is 9.62 Å². The fraction of sp³-hybridized carbons (Fsp3) is 0.625. The molecule has 1 aromatic rings. The highest BCUT2D eigenvalue weighted by Crippen LogP contribution is 2.25. The average Bonchev–Trinajstić information content (AvgIpc) is 3.03. The Balaban J connectivity index is 1.60. The molecule has 0 bridgehead atoms. The molecule has 3 rings (SSSR count). The van der Waals surface area contributed by atoms with Gasteiger partial charge in [0, 0.05) is 12.1 Å². The average molecular weight is 324 g/mol. The Hall–Kier alpha value is -0.950. The van der Waals surface area contributed by atoms with Gasteiger partial charge >= 0.3 is 0 Å². The highest BCUT2D eigenvalue weighted by atomic mass is 32.2. The normalized spacial score (nSPS) is 31.6. The summed E-state index contributed by atoms with van der Waals surface area (Å²) in [7, 11) is -3.17. The molecule has 0 aliphatic carbocycles. The molecule has 6 heteroatoms. The second-order valence-electron chi connectivity index (χ2n) is 6.30. The highest BCUT2D eigenvalue weighted by Gasteiger charge is 2.42. The molecule has 22 heavy (non-hydrogen) atoms. The molecule has 0 amide bonds. The van der Waals surface area contributed by atoms with Crippen molar-refractivity contribution in [3.8, 4) is 0 Å². The monoisotopic (exact) mass is 324 g/mol. The van der Waals surface area contributed by atoms with Crippen molar-refractivity contribution in [1.29, 1.82) is 0 Å². The second kappa shape index (κ2) is 6.66. The van der Waals surface area contributed by atoms with Crippen molar-refractivity contribution in [3.63, 3.8) is 0 Å². The van der Waals surface area contributed by atoms with Gasteiger partial charge in [-0.05, 0) is 31.9 Å². The maximum Gasteiger partial charge on any atom is 0.213 e. The molecule has 0 unspecified atom stereocenters. The standard InChI is InChI=1S/C16H24N2O3S/c1-13-6-5-9-18(13)16-12-22(19,20)17-15(16)11-21-10-14-7-3-2-4-8-14/h2-4,7-8,13,15-17H,5-6,9-12H2,1H3/t13-,15+,16-/m1/s1. The van der Waals surface area contributed by atoms with Crippen LogP contribution in [0.1, 0.15) is 25.3 Å². The number of likely N-dealkylation sites (tertiary alicyclic amines) is 1. The van der Waals surface area contributed by atoms with E-state index in [-0.39, 0.29) is 17.8 Å². The lowest BCUT2D eigenvalue weighted by Crippen LogP contribution is -2.48. The van der Waals surface area contributed by atoms with Crippen LogP contribution in [0.2, 0.25) is 0 Å². The smallest absolute Gasteiger partial charge is 0.213 e. The molecule has 5 nitrogen and oxygen atoms in total. The Labute approximate surface area is 132 Å². The van der Waals surface area contributed by atoms with Gasteiger partial charge < -0.3 is 4.74 Å². The molecule has 2 saturated heterocycles. The third-order valence-corrected chi connectivity index (χ3v) is 6.07. The van der Waals surface area contributed by atoms with Crippen molar-refractivity contribution in [2.24, 2.45) is 0 Å². The molecular weight excluding hydrogens is 300 g/mol. The van der Waals surface area contributed by atoms with Crippen LogP contribution in [0.3, 0.4) is 0 Å². The Kier molecular flexibility index (Phi) is 4.82. The number of nitrogens with zero attached hydrogens (tertiary/aromatic N) is 1. The minimum absolute atomic E-state index is 0.0262. The third kappa shape index (κ3) is 3.68. The predicted octanol–water partition coefficient (Wildman–Crippen LogP) is 1.36. The zero-order chi connectivity index (χ0) is 15.6. The second-order valence-corrected chi connectivity index (χ2v) is 8.10. The van der Waals surface area contributed by atoms with Crippen molar-refractivity contribution < 1.29 is 13.2 Å². The van der Waals surface area contributed by atoms with E-state index in [1.54, 1.807) is 0 Å². The number of hydrogen-bond donors (Lipinski definition) is 1. The summed E-state index contributed by atoms with van der Waals surface area (Å²) in [4.78, 5) is 2.33. The maximum absolute atomic E-state index is 12.0. The minimum atomic E-state index is -3.17. The van der Waals surface area contributed by atoms with Gasteiger partial charge in [0.25, 0.3) is 0 Å². The summed E-state index contributed by atoms with van der Waals surface area (Å²) >= 11 is 0. The lowest BCUT2D eigenvalue weighted by atomic mass is 10.1. The topological polar surface area (TPSA) is 58.6 Å². The zero-order valence-corrected chi connectivity index (χ0v) is 13.8. The molecule has 0 spiro atoms. The number of benzene rings is 1. The largest absolute Gasteiger partial charge is 0.375 e. The number of ether oxygens (including phenoxy) is 1. The molecule has 0 aromatic heterocycles. The van der Waals surface area contributed by atoms with Crippen LogP contribution in [0.5, 0.6) is 0 Å². The first-order valence-corrected chi connectivity index (χ1v) is 9.58. The summed E-state index contributed by atoms with van der Waals surface area (Å²) < 4.78 is 32.4. The SMILES string of the molecule is C[C@@H]1CCCN1[C@@H]1CS(=O)(=O)N[C@H]1COCc1ccccc1. The van der Waals surface area contributed by atoms with E-state index in [2.05, 4.69) is 16.5 Å². The van der Waals surface area contributed by atoms with Gasteiger partial charge in [0.1, 0.15) is 0 Å². The number of nitrogens with one attached hydrogen (secondary N) is 1. The fourth-order valence-corrected chi connectivity index (χ4v) is 5.15. The van der Waals surface area contributed by atoms with Crippen LogP contribution in [-0.2, 0) is 21.4 Å². The van der Waals surface area contributed by atoms with Gasteiger partial charge in [-0.3, -0.25) is 4.90 Å². The third-order valence-electron chi connectivity index (χ3n) is 4.62. The summed E-state index contributed by atoms with van der Waals surface area (Å²) in [5, 5.41) is 0. The van der Waals surface area contributed by atoms with Crippen LogP contribution in [0, 0.1) is 0 Å². The number of rotatable bonds is 5. The van der Waals surface area contributed by atoms with Gasteiger partial charge in [-0.15, -0.1) is 0 Å². The summed E-state index contributed by atoms with van der Waals surface area (Å²) in [6.45, 7) is 4.10. The first-order chi connectivity index (χ1) is 10.6. The summed E-state index contributed by atoms with van der Waals surface area (Å²) in [5.41, 5.74) is 1.11. The van der Waals surface area contributed by atoms with E-state index in [1.807, 2.05) is 30.3 Å². The molecular formula is C16H24N2O3S. The van der Waals surface area contributed by atoms with E-state index < -0.39 is 10.0 Å². The van der Waals surface area contributed by atoms with E-state index in [4.69, 9.17) is 4.74 Å². The maximum atomic E-state index is 12.0. The van der Waals surface area contributed by atoms with Gasteiger partial charge in [-0.1, -0.05) is 30.3 Å². The number of sulfonamides is 1.